The average Bonchev–Trinajstić information content (AvgIpc) is 2.88. The molecule has 2 rings (SSSR count). The van der Waals surface area contributed by atoms with Crippen LogP contribution in [-0.4, -0.2) is 42.7 Å². The van der Waals surface area contributed by atoms with Gasteiger partial charge in [0, 0.05) is 25.5 Å². The highest BCUT2D eigenvalue weighted by Crippen LogP contribution is 2.50. The summed E-state index contributed by atoms with van der Waals surface area (Å²) in [6.07, 6.45) is 3.66. The molecule has 4 heteroatoms. The molecule has 4 nitrogen and oxygen atoms in total. The lowest BCUT2D eigenvalue weighted by atomic mass is 9.68. The highest BCUT2D eigenvalue weighted by Gasteiger charge is 2.55. The molecule has 0 spiro atoms. The molecular formula is C13H25NO3. The standard InChI is InChI=1S/C13H25NO3/c1-12(2,16-3)7-10(15)13(8-14)6-9-4-5-11(13)17-9/h9-11,15H,4-8,14H2,1-3H3. The van der Waals surface area contributed by atoms with Crippen LogP contribution in [0.3, 0.4) is 0 Å². The fraction of sp³-hybridized carbons (Fsp3) is 1.00. The van der Waals surface area contributed by atoms with E-state index in [1.165, 1.54) is 0 Å². The number of hydrogen-bond donors (Lipinski definition) is 2. The number of nitrogens with two attached hydrogens (primary N) is 1. The number of fused-ring (bicyclic) bond motifs is 2. The first kappa shape index (κ1) is 13.3. The van der Waals surface area contributed by atoms with E-state index in [9.17, 15) is 5.11 Å². The van der Waals surface area contributed by atoms with Crippen molar-refractivity contribution in [3.05, 3.63) is 0 Å². The fourth-order valence-corrected chi connectivity index (χ4v) is 3.29. The summed E-state index contributed by atoms with van der Waals surface area (Å²) in [5.74, 6) is 0. The first-order valence-corrected chi connectivity index (χ1v) is 6.52. The van der Waals surface area contributed by atoms with E-state index < -0.39 is 6.10 Å². The SMILES string of the molecule is COC(C)(C)CC(O)C1(CN)CC2CCC1O2. The van der Waals surface area contributed by atoms with Crippen molar-refractivity contribution in [1.82, 2.24) is 0 Å². The zero-order valence-electron chi connectivity index (χ0n) is 11.1. The van der Waals surface area contributed by atoms with Crippen molar-refractivity contribution >= 4 is 0 Å². The Kier molecular flexibility index (Phi) is 3.51. The predicted molar refractivity (Wildman–Crippen MR) is 65.7 cm³/mol. The van der Waals surface area contributed by atoms with Gasteiger partial charge >= 0.3 is 0 Å². The Morgan fingerprint density at radius 3 is 2.65 bits per heavy atom. The number of hydrogen-bond acceptors (Lipinski definition) is 4. The van der Waals surface area contributed by atoms with E-state index in [0.717, 1.165) is 19.3 Å². The Labute approximate surface area is 103 Å². The van der Waals surface area contributed by atoms with Gasteiger partial charge in [0.1, 0.15) is 0 Å². The van der Waals surface area contributed by atoms with Gasteiger partial charge in [-0.1, -0.05) is 0 Å². The Morgan fingerprint density at radius 2 is 2.24 bits per heavy atom. The smallest absolute Gasteiger partial charge is 0.0673 e. The Balaban J connectivity index is 2.08. The number of ether oxygens (including phenoxy) is 2. The van der Waals surface area contributed by atoms with Crippen molar-refractivity contribution in [3.63, 3.8) is 0 Å². The van der Waals surface area contributed by atoms with Gasteiger partial charge in [0.25, 0.3) is 0 Å². The molecule has 0 saturated carbocycles. The molecule has 4 unspecified atom stereocenters. The number of rotatable bonds is 5. The van der Waals surface area contributed by atoms with E-state index in [1.807, 2.05) is 13.8 Å². The van der Waals surface area contributed by atoms with Gasteiger partial charge in [-0.2, -0.15) is 0 Å². The van der Waals surface area contributed by atoms with Crippen LogP contribution in [0.5, 0.6) is 0 Å². The summed E-state index contributed by atoms with van der Waals surface area (Å²) in [4.78, 5) is 0. The van der Waals surface area contributed by atoms with Crippen LogP contribution in [0.25, 0.3) is 0 Å². The van der Waals surface area contributed by atoms with Crippen LogP contribution < -0.4 is 5.73 Å². The summed E-state index contributed by atoms with van der Waals surface area (Å²) in [5, 5.41) is 10.5. The van der Waals surface area contributed by atoms with Gasteiger partial charge in [-0.25, -0.2) is 0 Å². The maximum Gasteiger partial charge on any atom is 0.0673 e. The van der Waals surface area contributed by atoms with Crippen molar-refractivity contribution in [2.45, 2.75) is 63.4 Å². The highest BCUT2D eigenvalue weighted by molar-refractivity contribution is 5.05. The first-order chi connectivity index (χ1) is 7.93. The second kappa shape index (κ2) is 4.50. The van der Waals surface area contributed by atoms with Gasteiger partial charge < -0.3 is 20.3 Å². The average molecular weight is 243 g/mol. The molecule has 2 fully saturated rings. The number of aliphatic hydroxyl groups is 1. The number of methoxy groups -OCH3 is 1. The quantitative estimate of drug-likeness (QED) is 0.758. The minimum Gasteiger partial charge on any atom is -0.392 e. The van der Waals surface area contributed by atoms with E-state index in [-0.39, 0.29) is 17.1 Å². The zero-order chi connectivity index (χ0) is 12.7. The van der Waals surface area contributed by atoms with Crippen LogP contribution in [0, 0.1) is 5.41 Å². The third-order valence-electron chi connectivity index (χ3n) is 4.64. The zero-order valence-corrected chi connectivity index (χ0v) is 11.1. The summed E-state index contributed by atoms with van der Waals surface area (Å²) in [5.41, 5.74) is 5.37. The molecule has 0 aromatic heterocycles. The maximum absolute atomic E-state index is 10.5. The van der Waals surface area contributed by atoms with Gasteiger partial charge in [0.05, 0.1) is 23.9 Å². The van der Waals surface area contributed by atoms with E-state index in [4.69, 9.17) is 15.2 Å². The van der Waals surface area contributed by atoms with Gasteiger partial charge in [-0.05, 0) is 33.1 Å². The van der Waals surface area contributed by atoms with Crippen molar-refractivity contribution < 1.29 is 14.6 Å². The van der Waals surface area contributed by atoms with E-state index in [0.29, 0.717) is 19.1 Å². The summed E-state index contributed by atoms with van der Waals surface area (Å²) < 4.78 is 11.3. The lowest BCUT2D eigenvalue weighted by Gasteiger charge is -2.41. The van der Waals surface area contributed by atoms with Gasteiger partial charge in [-0.3, -0.25) is 0 Å². The molecule has 2 bridgehead atoms. The minimum absolute atomic E-state index is 0.139. The second-order valence-electron chi connectivity index (χ2n) is 6.15. The van der Waals surface area contributed by atoms with Crippen molar-refractivity contribution in [2.24, 2.45) is 11.1 Å². The van der Waals surface area contributed by atoms with E-state index >= 15 is 0 Å². The fourth-order valence-electron chi connectivity index (χ4n) is 3.29. The highest BCUT2D eigenvalue weighted by atomic mass is 16.5. The first-order valence-electron chi connectivity index (χ1n) is 6.52. The van der Waals surface area contributed by atoms with Crippen LogP contribution in [0.2, 0.25) is 0 Å². The molecular weight excluding hydrogens is 218 g/mol. The molecule has 0 aromatic carbocycles. The van der Waals surface area contributed by atoms with Gasteiger partial charge in [0.15, 0.2) is 0 Å². The van der Waals surface area contributed by atoms with Crippen LogP contribution in [0.4, 0.5) is 0 Å². The molecule has 4 atom stereocenters. The maximum atomic E-state index is 10.5. The molecule has 2 aliphatic rings. The molecule has 0 amide bonds. The lowest BCUT2D eigenvalue weighted by molar-refractivity contribution is -0.0793. The minimum atomic E-state index is -0.447. The second-order valence-corrected chi connectivity index (χ2v) is 6.15. The molecule has 3 N–H and O–H groups in total. The summed E-state index contributed by atoms with van der Waals surface area (Å²) >= 11 is 0. The van der Waals surface area contributed by atoms with Crippen LogP contribution in [-0.2, 0) is 9.47 Å². The Bertz CT molecular complexity index is 282. The number of aliphatic hydroxyl groups excluding tert-OH is 1. The monoisotopic (exact) mass is 243 g/mol. The van der Waals surface area contributed by atoms with Crippen molar-refractivity contribution in [1.29, 1.82) is 0 Å². The van der Waals surface area contributed by atoms with E-state index in [1.54, 1.807) is 7.11 Å². The third-order valence-corrected chi connectivity index (χ3v) is 4.64. The summed E-state index contributed by atoms with van der Waals surface area (Å²) in [6, 6.07) is 0. The van der Waals surface area contributed by atoms with Crippen LogP contribution in [0.1, 0.15) is 39.5 Å². The summed E-state index contributed by atoms with van der Waals surface area (Å²) in [7, 11) is 1.68. The molecule has 2 saturated heterocycles. The lowest BCUT2D eigenvalue weighted by Crippen LogP contribution is -2.51. The molecule has 100 valence electrons. The van der Waals surface area contributed by atoms with Gasteiger partial charge in [0.2, 0.25) is 0 Å². The van der Waals surface area contributed by atoms with Crippen LogP contribution in [0.15, 0.2) is 0 Å². The topological polar surface area (TPSA) is 64.7 Å². The normalized spacial score (nSPS) is 38.6. The van der Waals surface area contributed by atoms with Crippen molar-refractivity contribution in [3.8, 4) is 0 Å². The largest absolute Gasteiger partial charge is 0.392 e. The predicted octanol–water partition coefficient (Wildman–Crippen LogP) is 1.06. The third kappa shape index (κ3) is 2.24. The summed E-state index contributed by atoms with van der Waals surface area (Å²) in [6.45, 7) is 4.48. The van der Waals surface area contributed by atoms with E-state index in [2.05, 4.69) is 0 Å². The molecule has 2 aliphatic heterocycles. The van der Waals surface area contributed by atoms with Crippen molar-refractivity contribution in [2.75, 3.05) is 13.7 Å². The molecule has 0 aliphatic carbocycles. The van der Waals surface area contributed by atoms with Gasteiger partial charge in [-0.15, -0.1) is 0 Å². The molecule has 2 heterocycles. The Hall–Kier alpha value is -0.160. The molecule has 17 heavy (non-hydrogen) atoms. The molecule has 0 aromatic rings. The molecule has 0 radical (unpaired) electrons. The Morgan fingerprint density at radius 1 is 1.53 bits per heavy atom. The van der Waals surface area contributed by atoms with Crippen LogP contribution >= 0.6 is 0 Å².